The largest absolute Gasteiger partial charge is 0.352 e. The highest BCUT2D eigenvalue weighted by atomic mass is 16.2. The van der Waals surface area contributed by atoms with Gasteiger partial charge in [-0.25, -0.2) is 0 Å². The molecule has 0 bridgehead atoms. The second-order valence-corrected chi connectivity index (χ2v) is 6.69. The van der Waals surface area contributed by atoms with Crippen molar-refractivity contribution in [2.24, 2.45) is 0 Å². The quantitative estimate of drug-likeness (QED) is 0.774. The monoisotopic (exact) mass is 343 g/mol. The lowest BCUT2D eigenvalue weighted by atomic mass is 10.0. The maximum atomic E-state index is 12.7. The van der Waals surface area contributed by atoms with Crippen molar-refractivity contribution in [2.75, 3.05) is 26.7 Å². The lowest BCUT2D eigenvalue weighted by Gasteiger charge is -2.33. The molecule has 25 heavy (non-hydrogen) atoms. The number of likely N-dealkylation sites (N-methyl/N-ethyl adjacent to an activating group) is 1. The fourth-order valence-electron chi connectivity index (χ4n) is 3.14. The molecule has 1 aliphatic rings. The third-order valence-electron chi connectivity index (χ3n) is 4.49. The topological polar surface area (TPSA) is 52.7 Å². The van der Waals surface area contributed by atoms with E-state index in [1.165, 1.54) is 5.56 Å². The number of carbonyl (C=O) groups excluding carboxylic acids is 2. The van der Waals surface area contributed by atoms with Gasteiger partial charge in [0, 0.05) is 44.2 Å². The molecule has 1 saturated heterocycles. The van der Waals surface area contributed by atoms with Gasteiger partial charge in [-0.15, -0.1) is 6.58 Å². The van der Waals surface area contributed by atoms with Gasteiger partial charge in [0.05, 0.1) is 0 Å². The Morgan fingerprint density at radius 2 is 2.08 bits per heavy atom. The molecule has 1 heterocycles. The van der Waals surface area contributed by atoms with Crippen LogP contribution in [0.3, 0.4) is 0 Å². The van der Waals surface area contributed by atoms with E-state index >= 15 is 0 Å². The molecule has 0 aliphatic carbocycles. The molecule has 1 fully saturated rings. The third kappa shape index (κ3) is 5.71. The Morgan fingerprint density at radius 3 is 2.72 bits per heavy atom. The zero-order valence-corrected chi connectivity index (χ0v) is 15.3. The predicted molar refractivity (Wildman–Crippen MR) is 100 cm³/mol. The summed E-state index contributed by atoms with van der Waals surface area (Å²) in [5.74, 6) is 0.0914. The zero-order chi connectivity index (χ0) is 18.2. The van der Waals surface area contributed by atoms with Crippen LogP contribution in [0.4, 0.5) is 0 Å². The minimum absolute atomic E-state index is 0.0430. The average Bonchev–Trinajstić information content (AvgIpc) is 2.62. The summed E-state index contributed by atoms with van der Waals surface area (Å²) in [6.07, 6.45) is 4.21. The van der Waals surface area contributed by atoms with E-state index in [-0.39, 0.29) is 17.9 Å². The zero-order valence-electron chi connectivity index (χ0n) is 15.3. The van der Waals surface area contributed by atoms with Crippen LogP contribution in [0.5, 0.6) is 0 Å². The van der Waals surface area contributed by atoms with Crippen LogP contribution in [0.2, 0.25) is 0 Å². The van der Waals surface area contributed by atoms with E-state index in [1.807, 2.05) is 49.2 Å². The van der Waals surface area contributed by atoms with Gasteiger partial charge >= 0.3 is 0 Å². The Bertz CT molecular complexity index is 597. The van der Waals surface area contributed by atoms with Gasteiger partial charge in [0.25, 0.3) is 5.91 Å². The molecule has 0 aromatic heterocycles. The molecule has 0 unspecified atom stereocenters. The molecule has 1 aliphatic heterocycles. The molecule has 0 spiro atoms. The maximum Gasteiger partial charge on any atom is 0.253 e. The number of likely N-dealkylation sites (tertiary alicyclic amines) is 1. The first-order chi connectivity index (χ1) is 12.0. The Balaban J connectivity index is 1.95. The van der Waals surface area contributed by atoms with Crippen LogP contribution in [0.15, 0.2) is 36.9 Å². The lowest BCUT2D eigenvalue weighted by molar-refractivity contribution is -0.121. The van der Waals surface area contributed by atoms with Crippen molar-refractivity contribution in [3.63, 3.8) is 0 Å². The van der Waals surface area contributed by atoms with E-state index < -0.39 is 0 Å². The van der Waals surface area contributed by atoms with Crippen LogP contribution < -0.4 is 5.32 Å². The minimum Gasteiger partial charge on any atom is -0.352 e. The molecule has 5 nitrogen and oxygen atoms in total. The van der Waals surface area contributed by atoms with Gasteiger partial charge in [-0.3, -0.25) is 14.5 Å². The normalized spacial score (nSPS) is 17.4. The molecule has 1 N–H and O–H groups in total. The van der Waals surface area contributed by atoms with Crippen molar-refractivity contribution in [1.29, 1.82) is 0 Å². The van der Waals surface area contributed by atoms with Crippen LogP contribution >= 0.6 is 0 Å². The molecular formula is C20H29N3O2. The molecule has 2 amide bonds. The number of nitrogens with zero attached hydrogens (tertiary/aromatic N) is 2. The summed E-state index contributed by atoms with van der Waals surface area (Å²) in [6, 6.07) is 7.87. The van der Waals surface area contributed by atoms with Crippen LogP contribution in [-0.2, 0) is 11.3 Å². The second-order valence-electron chi connectivity index (χ2n) is 6.69. The van der Waals surface area contributed by atoms with Crippen molar-refractivity contribution >= 4 is 11.8 Å². The average molecular weight is 343 g/mol. The molecule has 136 valence electrons. The molecule has 5 heteroatoms. The van der Waals surface area contributed by atoms with Gasteiger partial charge in [-0.2, -0.15) is 0 Å². The van der Waals surface area contributed by atoms with Crippen molar-refractivity contribution in [1.82, 2.24) is 15.1 Å². The first kappa shape index (κ1) is 19.2. The number of carbonyl (C=O) groups is 2. The molecule has 0 radical (unpaired) electrons. The highest BCUT2D eigenvalue weighted by Crippen LogP contribution is 2.15. The number of hydrogen-bond donors (Lipinski definition) is 1. The molecule has 1 aromatic carbocycles. The third-order valence-corrected chi connectivity index (χ3v) is 4.49. The first-order valence-electron chi connectivity index (χ1n) is 9.00. The minimum atomic E-state index is 0.0430. The Labute approximate surface area is 150 Å². The van der Waals surface area contributed by atoms with Crippen LogP contribution in [0.25, 0.3) is 0 Å². The van der Waals surface area contributed by atoms with E-state index in [2.05, 4.69) is 16.8 Å². The molecule has 1 atom stereocenters. The first-order valence-corrected chi connectivity index (χ1v) is 9.00. The van der Waals surface area contributed by atoms with Gasteiger partial charge in [-0.1, -0.05) is 25.1 Å². The molecule has 2 rings (SSSR count). The fourth-order valence-corrected chi connectivity index (χ4v) is 3.14. The van der Waals surface area contributed by atoms with E-state index in [1.54, 1.807) is 0 Å². The number of rotatable bonds is 7. The van der Waals surface area contributed by atoms with Crippen molar-refractivity contribution in [2.45, 2.75) is 38.8 Å². The van der Waals surface area contributed by atoms with E-state index in [9.17, 15) is 9.59 Å². The van der Waals surface area contributed by atoms with Gasteiger partial charge in [0.2, 0.25) is 5.91 Å². The van der Waals surface area contributed by atoms with Gasteiger partial charge in [0.1, 0.15) is 0 Å². The van der Waals surface area contributed by atoms with Crippen molar-refractivity contribution in [3.05, 3.63) is 48.0 Å². The van der Waals surface area contributed by atoms with Gasteiger partial charge < -0.3 is 10.2 Å². The summed E-state index contributed by atoms with van der Waals surface area (Å²) in [6.45, 7) is 8.59. The van der Waals surface area contributed by atoms with Crippen LogP contribution in [-0.4, -0.2) is 54.3 Å². The summed E-state index contributed by atoms with van der Waals surface area (Å²) in [5, 5.41) is 3.00. The van der Waals surface area contributed by atoms with Crippen LogP contribution in [0.1, 0.15) is 42.1 Å². The number of amides is 2. The van der Waals surface area contributed by atoms with E-state index in [4.69, 9.17) is 0 Å². The second kappa shape index (κ2) is 9.37. The lowest BCUT2D eigenvalue weighted by Crippen LogP contribution is -2.49. The summed E-state index contributed by atoms with van der Waals surface area (Å²) >= 11 is 0. The molecule has 0 saturated carbocycles. The number of benzene rings is 1. The van der Waals surface area contributed by atoms with Crippen molar-refractivity contribution < 1.29 is 9.59 Å². The molecule has 1 aromatic rings. The Kier molecular flexibility index (Phi) is 7.19. The predicted octanol–water partition coefficient (Wildman–Crippen LogP) is 2.44. The summed E-state index contributed by atoms with van der Waals surface area (Å²) in [4.78, 5) is 28.3. The van der Waals surface area contributed by atoms with Crippen molar-refractivity contribution in [3.8, 4) is 0 Å². The highest BCUT2D eigenvalue weighted by molar-refractivity contribution is 5.94. The van der Waals surface area contributed by atoms with Gasteiger partial charge in [-0.05, 0) is 37.6 Å². The number of nitrogens with one attached hydrogen (secondary N) is 1. The maximum absolute atomic E-state index is 12.7. The number of hydrogen-bond acceptors (Lipinski definition) is 3. The molecular weight excluding hydrogens is 314 g/mol. The summed E-state index contributed by atoms with van der Waals surface area (Å²) < 4.78 is 0. The highest BCUT2D eigenvalue weighted by Gasteiger charge is 2.25. The van der Waals surface area contributed by atoms with Crippen LogP contribution in [0, 0.1) is 0 Å². The SMILES string of the molecule is C=CCN(C)Cc1ccc(C(=O)N2CCC[C@@H](NC(=O)CC)C2)cc1. The summed E-state index contributed by atoms with van der Waals surface area (Å²) in [7, 11) is 2.04. The standard InChI is InChI=1S/C20H29N3O2/c1-4-12-22(3)14-16-8-10-17(11-9-16)20(25)23-13-6-7-18(15-23)21-19(24)5-2/h4,8-11,18H,1,5-7,12-15H2,2-3H3,(H,21,24)/t18-/m1/s1. The Morgan fingerprint density at radius 1 is 1.36 bits per heavy atom. The van der Waals surface area contributed by atoms with E-state index in [0.717, 1.165) is 32.5 Å². The smallest absolute Gasteiger partial charge is 0.253 e. The number of piperidine rings is 1. The Hall–Kier alpha value is -2.14. The summed E-state index contributed by atoms with van der Waals surface area (Å²) in [5.41, 5.74) is 1.88. The fraction of sp³-hybridized carbons (Fsp3) is 0.500. The van der Waals surface area contributed by atoms with Gasteiger partial charge in [0.15, 0.2) is 0 Å². The van der Waals surface area contributed by atoms with E-state index in [0.29, 0.717) is 18.5 Å².